The van der Waals surface area contributed by atoms with Crippen molar-refractivity contribution in [1.29, 1.82) is 0 Å². The van der Waals surface area contributed by atoms with Crippen molar-refractivity contribution < 1.29 is 0 Å². The Morgan fingerprint density at radius 1 is 1.00 bits per heavy atom. The zero-order valence-electron chi connectivity index (χ0n) is 8.02. The molecule has 0 aliphatic heterocycles. The number of halogens is 2. The topological polar surface area (TPSA) is 0 Å². The molecule has 3 unspecified atom stereocenters. The molecular formula is C11H16Cl2. The maximum atomic E-state index is 6.63. The molecule has 0 radical (unpaired) electrons. The van der Waals surface area contributed by atoms with Gasteiger partial charge >= 0.3 is 0 Å². The molecule has 4 rings (SSSR count). The van der Waals surface area contributed by atoms with Crippen molar-refractivity contribution in [2.75, 3.05) is 0 Å². The first-order valence-corrected chi connectivity index (χ1v) is 6.13. The third-order valence-electron chi connectivity index (χ3n) is 4.71. The Labute approximate surface area is 90.0 Å². The van der Waals surface area contributed by atoms with Gasteiger partial charge in [-0.15, -0.1) is 23.2 Å². The van der Waals surface area contributed by atoms with Crippen LogP contribution in [0.4, 0.5) is 0 Å². The van der Waals surface area contributed by atoms with Gasteiger partial charge < -0.3 is 0 Å². The predicted octanol–water partition coefficient (Wildman–Crippen LogP) is 3.80. The van der Waals surface area contributed by atoms with Crippen LogP contribution in [-0.4, -0.2) is 9.75 Å². The summed E-state index contributed by atoms with van der Waals surface area (Å²) in [6, 6.07) is 0. The molecule has 4 aliphatic rings. The Balaban J connectivity index is 1.99. The van der Waals surface area contributed by atoms with E-state index in [4.69, 9.17) is 23.2 Å². The molecule has 5 atom stereocenters. The smallest absolute Gasteiger partial charge is 0.0476 e. The molecular weight excluding hydrogens is 203 g/mol. The van der Waals surface area contributed by atoms with Gasteiger partial charge in [-0.05, 0) is 56.8 Å². The van der Waals surface area contributed by atoms with Crippen molar-refractivity contribution in [3.8, 4) is 0 Å². The molecule has 0 heterocycles. The molecule has 2 heteroatoms. The van der Waals surface area contributed by atoms with E-state index in [1.807, 2.05) is 0 Å². The van der Waals surface area contributed by atoms with E-state index in [1.54, 1.807) is 0 Å². The lowest BCUT2D eigenvalue weighted by molar-refractivity contribution is 0.000451. The molecule has 0 N–H and O–H groups in total. The second kappa shape index (κ2) is 2.39. The molecule has 0 aromatic rings. The minimum Gasteiger partial charge on any atom is -0.119 e. The monoisotopic (exact) mass is 218 g/mol. The summed E-state index contributed by atoms with van der Waals surface area (Å²) in [5, 5.41) is 0. The average molecular weight is 219 g/mol. The third kappa shape index (κ3) is 1.11. The van der Waals surface area contributed by atoms with Crippen LogP contribution in [-0.2, 0) is 0 Å². The zero-order chi connectivity index (χ0) is 9.27. The van der Waals surface area contributed by atoms with Crippen molar-refractivity contribution >= 4 is 23.2 Å². The molecule has 0 aromatic carbocycles. The quantitative estimate of drug-likeness (QED) is 0.543. The van der Waals surface area contributed by atoms with Crippen LogP contribution in [0.25, 0.3) is 0 Å². The first kappa shape index (κ1) is 8.85. The first-order valence-electron chi connectivity index (χ1n) is 5.37. The molecule has 4 saturated carbocycles. The lowest BCUT2D eigenvalue weighted by Crippen LogP contribution is -2.58. The minimum atomic E-state index is 0.0648. The van der Waals surface area contributed by atoms with Gasteiger partial charge in [-0.1, -0.05) is 0 Å². The fourth-order valence-electron chi connectivity index (χ4n) is 4.08. The van der Waals surface area contributed by atoms with Gasteiger partial charge in [0.25, 0.3) is 0 Å². The van der Waals surface area contributed by atoms with E-state index in [0.717, 1.165) is 5.92 Å². The van der Waals surface area contributed by atoms with Crippen molar-refractivity contribution in [1.82, 2.24) is 0 Å². The second-order valence-electron chi connectivity index (χ2n) is 5.65. The first-order chi connectivity index (χ1) is 6.00. The summed E-state index contributed by atoms with van der Waals surface area (Å²) in [6.45, 7) is 2.24. The molecule has 13 heavy (non-hydrogen) atoms. The van der Waals surface area contributed by atoms with Gasteiger partial charge in [0.05, 0.1) is 0 Å². The van der Waals surface area contributed by atoms with Crippen LogP contribution in [0.2, 0.25) is 0 Å². The van der Waals surface area contributed by atoms with Gasteiger partial charge in [0.2, 0.25) is 0 Å². The van der Waals surface area contributed by atoms with Crippen molar-refractivity contribution in [2.24, 2.45) is 17.8 Å². The van der Waals surface area contributed by atoms with E-state index in [9.17, 15) is 0 Å². The molecule has 0 nitrogen and oxygen atoms in total. The van der Waals surface area contributed by atoms with E-state index >= 15 is 0 Å². The average Bonchev–Trinajstić information content (AvgIpc) is 1.97. The van der Waals surface area contributed by atoms with E-state index in [1.165, 1.54) is 32.1 Å². The molecule has 4 fully saturated rings. The van der Waals surface area contributed by atoms with Crippen LogP contribution >= 0.6 is 23.2 Å². The van der Waals surface area contributed by atoms with Crippen LogP contribution in [0.15, 0.2) is 0 Å². The number of hydrogen-bond acceptors (Lipinski definition) is 0. The Kier molecular flexibility index (Phi) is 1.63. The van der Waals surface area contributed by atoms with Gasteiger partial charge in [-0.25, -0.2) is 0 Å². The predicted molar refractivity (Wildman–Crippen MR) is 56.4 cm³/mol. The lowest BCUT2D eigenvalue weighted by Gasteiger charge is -2.60. The summed E-state index contributed by atoms with van der Waals surface area (Å²) < 4.78 is 0. The highest BCUT2D eigenvalue weighted by Crippen LogP contribution is 2.63. The zero-order valence-corrected chi connectivity index (χ0v) is 9.54. The molecule has 0 saturated heterocycles. The number of hydrogen-bond donors (Lipinski definition) is 0. The van der Waals surface area contributed by atoms with Crippen LogP contribution in [0.5, 0.6) is 0 Å². The van der Waals surface area contributed by atoms with E-state index in [-0.39, 0.29) is 9.75 Å². The number of rotatable bonds is 0. The van der Waals surface area contributed by atoms with Gasteiger partial charge in [0.15, 0.2) is 0 Å². The molecule has 0 aromatic heterocycles. The lowest BCUT2D eigenvalue weighted by atomic mass is 9.51. The Hall–Kier alpha value is 0.580. The van der Waals surface area contributed by atoms with Crippen molar-refractivity contribution in [3.05, 3.63) is 0 Å². The highest BCUT2D eigenvalue weighted by atomic mass is 35.5. The Morgan fingerprint density at radius 2 is 1.54 bits per heavy atom. The third-order valence-corrected chi connectivity index (χ3v) is 5.79. The van der Waals surface area contributed by atoms with Gasteiger partial charge in [-0.2, -0.15) is 0 Å². The largest absolute Gasteiger partial charge is 0.119 e. The maximum absolute atomic E-state index is 6.63. The van der Waals surface area contributed by atoms with E-state index in [2.05, 4.69) is 6.92 Å². The van der Waals surface area contributed by atoms with Crippen molar-refractivity contribution in [2.45, 2.75) is 48.8 Å². The Morgan fingerprint density at radius 3 is 2.00 bits per heavy atom. The van der Waals surface area contributed by atoms with Crippen LogP contribution in [0, 0.1) is 17.8 Å². The fraction of sp³-hybridized carbons (Fsp3) is 1.00. The fourth-order valence-corrected chi connectivity index (χ4v) is 5.00. The van der Waals surface area contributed by atoms with Gasteiger partial charge in [0, 0.05) is 9.75 Å². The summed E-state index contributed by atoms with van der Waals surface area (Å²) in [7, 11) is 0. The second-order valence-corrected chi connectivity index (χ2v) is 7.26. The standard InChI is InChI=1S/C11H16Cl2/c1-10(12)8-2-7-3-9(10)6-11(13,4-7)5-8/h7-9H,2-6H2,1H3/t7?,8-,9+,10?,11?. The molecule has 0 spiro atoms. The van der Waals surface area contributed by atoms with E-state index < -0.39 is 0 Å². The van der Waals surface area contributed by atoms with Crippen LogP contribution < -0.4 is 0 Å². The van der Waals surface area contributed by atoms with Crippen LogP contribution in [0.3, 0.4) is 0 Å². The molecule has 4 bridgehead atoms. The highest BCUT2D eigenvalue weighted by molar-refractivity contribution is 6.26. The SMILES string of the molecule is CC1(Cl)[C@@H]2CC3C[C@H]1CC(Cl)(C3)C2. The number of alkyl halides is 2. The molecule has 0 amide bonds. The summed E-state index contributed by atoms with van der Waals surface area (Å²) in [5.41, 5.74) is 0. The van der Waals surface area contributed by atoms with E-state index in [0.29, 0.717) is 11.8 Å². The highest BCUT2D eigenvalue weighted by Gasteiger charge is 2.59. The minimum absolute atomic E-state index is 0.0648. The summed E-state index contributed by atoms with van der Waals surface area (Å²) in [6.07, 6.45) is 6.27. The van der Waals surface area contributed by atoms with Crippen molar-refractivity contribution in [3.63, 3.8) is 0 Å². The summed E-state index contributed by atoms with van der Waals surface area (Å²) in [5.74, 6) is 2.28. The molecule has 74 valence electrons. The maximum Gasteiger partial charge on any atom is 0.0476 e. The van der Waals surface area contributed by atoms with Gasteiger partial charge in [0.1, 0.15) is 0 Å². The summed E-state index contributed by atoms with van der Waals surface area (Å²) >= 11 is 13.2. The normalized spacial score (nSPS) is 64.4. The van der Waals surface area contributed by atoms with Gasteiger partial charge in [-0.3, -0.25) is 0 Å². The Bertz CT molecular complexity index is 228. The molecule has 4 aliphatic carbocycles. The van der Waals surface area contributed by atoms with Crippen LogP contribution in [0.1, 0.15) is 39.0 Å². The summed E-state index contributed by atoms with van der Waals surface area (Å²) in [4.78, 5) is 0.209.